The van der Waals surface area contributed by atoms with Crippen LogP contribution in [0.15, 0.2) is 6.33 Å². The molecule has 1 aromatic heterocycles. The van der Waals surface area contributed by atoms with Crippen LogP contribution in [0.25, 0.3) is 0 Å². The Balaban J connectivity index is 2.95. The summed E-state index contributed by atoms with van der Waals surface area (Å²) in [7, 11) is 2.22. The largest absolute Gasteiger partial charge is 0.452 e. The Morgan fingerprint density at radius 1 is 1.10 bits per heavy atom. The number of anilines is 2. The number of methoxy groups -OCH3 is 2. The maximum atomic E-state index is 11.0. The lowest BCUT2D eigenvalue weighted by atomic mass is 10.4. The number of hydrazine groups is 2. The van der Waals surface area contributed by atoms with E-state index in [-0.39, 0.29) is 11.6 Å². The van der Waals surface area contributed by atoms with Crippen molar-refractivity contribution in [2.75, 3.05) is 25.1 Å². The molecule has 13 nitrogen and oxygen atoms in total. The number of ether oxygens (including phenoxy) is 2. The number of carbonyl (C=O) groups is 2. The fourth-order valence-corrected chi connectivity index (χ4v) is 1.06. The third-order valence-corrected chi connectivity index (χ3v) is 1.94. The van der Waals surface area contributed by atoms with Crippen LogP contribution in [0.4, 0.5) is 26.9 Å². The van der Waals surface area contributed by atoms with Gasteiger partial charge in [0.15, 0.2) is 0 Å². The Kier molecular flexibility index (Phi) is 5.43. The zero-order chi connectivity index (χ0) is 15.8. The highest BCUT2D eigenvalue weighted by Crippen LogP contribution is 2.27. The molecule has 21 heavy (non-hydrogen) atoms. The Morgan fingerprint density at radius 2 is 1.52 bits per heavy atom. The molecular formula is C8H11N7O6. The molecule has 0 aliphatic carbocycles. The summed E-state index contributed by atoms with van der Waals surface area (Å²) in [6.07, 6.45) is -0.800. The molecule has 2 amide bonds. The predicted octanol–water partition coefficient (Wildman–Crippen LogP) is -0.249. The van der Waals surface area contributed by atoms with Crippen LogP contribution < -0.4 is 21.7 Å². The maximum Gasteiger partial charge on any atom is 0.425 e. The average molecular weight is 301 g/mol. The molecule has 0 atom stereocenters. The molecule has 0 aliphatic rings. The van der Waals surface area contributed by atoms with Gasteiger partial charge in [-0.05, 0) is 0 Å². The van der Waals surface area contributed by atoms with Crippen molar-refractivity contribution in [2.45, 2.75) is 0 Å². The molecule has 0 fully saturated rings. The zero-order valence-corrected chi connectivity index (χ0v) is 10.9. The molecule has 1 aromatic rings. The summed E-state index contributed by atoms with van der Waals surface area (Å²) < 4.78 is 8.56. The third-order valence-electron chi connectivity index (χ3n) is 1.94. The van der Waals surface area contributed by atoms with Gasteiger partial charge in [-0.3, -0.25) is 21.0 Å². The molecule has 0 saturated carbocycles. The first-order valence-corrected chi connectivity index (χ1v) is 5.19. The Morgan fingerprint density at radius 3 is 1.86 bits per heavy atom. The van der Waals surface area contributed by atoms with Gasteiger partial charge in [0, 0.05) is 0 Å². The van der Waals surface area contributed by atoms with Gasteiger partial charge in [0.05, 0.1) is 19.1 Å². The standard InChI is InChI=1S/C8H11N7O6/c1-20-7(16)13-11-5-4(15(18)19)6(10-3-9-5)12-14-8(17)21-2/h3H,1-2H3,(H,13,16)(H,14,17)(H2,9,10,11,12). The molecule has 0 radical (unpaired) electrons. The Bertz CT molecular complexity index is 512. The van der Waals surface area contributed by atoms with Gasteiger partial charge in [0.25, 0.3) is 0 Å². The van der Waals surface area contributed by atoms with Gasteiger partial charge in [-0.15, -0.1) is 0 Å². The lowest BCUT2D eigenvalue weighted by Gasteiger charge is -2.10. The fourth-order valence-electron chi connectivity index (χ4n) is 1.06. The van der Waals surface area contributed by atoms with Crippen LogP contribution in [0.3, 0.4) is 0 Å². The normalized spacial score (nSPS) is 9.24. The van der Waals surface area contributed by atoms with Crippen molar-refractivity contribution in [1.29, 1.82) is 0 Å². The molecule has 0 unspecified atom stereocenters. The summed E-state index contributed by atoms with van der Waals surface area (Å²) >= 11 is 0. The molecule has 13 heteroatoms. The monoisotopic (exact) mass is 301 g/mol. The number of rotatable bonds is 5. The zero-order valence-electron chi connectivity index (χ0n) is 10.9. The average Bonchev–Trinajstić information content (AvgIpc) is 2.49. The first-order chi connectivity index (χ1) is 9.99. The number of hydrogen-bond donors (Lipinski definition) is 4. The minimum atomic E-state index is -0.884. The minimum Gasteiger partial charge on any atom is -0.452 e. The molecular weight excluding hydrogens is 290 g/mol. The third kappa shape index (κ3) is 4.34. The van der Waals surface area contributed by atoms with Crippen molar-refractivity contribution in [1.82, 2.24) is 20.8 Å². The van der Waals surface area contributed by atoms with E-state index in [0.29, 0.717) is 0 Å². The van der Waals surface area contributed by atoms with Crippen LogP contribution in [0, 0.1) is 10.1 Å². The molecule has 0 aliphatic heterocycles. The predicted molar refractivity (Wildman–Crippen MR) is 67.0 cm³/mol. The number of aromatic nitrogens is 2. The van der Waals surface area contributed by atoms with E-state index in [1.165, 1.54) is 0 Å². The number of carbonyl (C=O) groups excluding carboxylic acids is 2. The molecule has 0 spiro atoms. The van der Waals surface area contributed by atoms with E-state index in [1.807, 2.05) is 10.9 Å². The molecule has 4 N–H and O–H groups in total. The van der Waals surface area contributed by atoms with Gasteiger partial charge in [-0.1, -0.05) is 0 Å². The van der Waals surface area contributed by atoms with E-state index < -0.39 is 22.8 Å². The lowest BCUT2D eigenvalue weighted by molar-refractivity contribution is -0.383. The highest BCUT2D eigenvalue weighted by atomic mass is 16.6. The SMILES string of the molecule is COC(=O)NNc1ncnc(NNC(=O)OC)c1[N+](=O)[O-]. The number of hydrogen-bond acceptors (Lipinski definition) is 10. The lowest BCUT2D eigenvalue weighted by Crippen LogP contribution is -2.32. The van der Waals surface area contributed by atoms with E-state index in [0.717, 1.165) is 20.5 Å². The summed E-state index contributed by atoms with van der Waals surface area (Å²) in [5, 5.41) is 11.0. The molecule has 114 valence electrons. The van der Waals surface area contributed by atoms with Crippen molar-refractivity contribution in [3.05, 3.63) is 16.4 Å². The van der Waals surface area contributed by atoms with E-state index in [4.69, 9.17) is 0 Å². The first kappa shape index (κ1) is 15.7. The number of amides is 2. The van der Waals surface area contributed by atoms with Crippen molar-refractivity contribution in [3.8, 4) is 0 Å². The van der Waals surface area contributed by atoms with Gasteiger partial charge in [-0.2, -0.15) is 0 Å². The molecule has 0 aromatic carbocycles. The van der Waals surface area contributed by atoms with E-state index in [9.17, 15) is 19.7 Å². The van der Waals surface area contributed by atoms with Crippen LogP contribution in [0.1, 0.15) is 0 Å². The van der Waals surface area contributed by atoms with Crippen LogP contribution in [-0.2, 0) is 9.47 Å². The van der Waals surface area contributed by atoms with E-state index in [1.54, 1.807) is 0 Å². The minimum absolute atomic E-state index is 0.324. The number of nitro groups is 1. The molecule has 0 saturated heterocycles. The van der Waals surface area contributed by atoms with E-state index >= 15 is 0 Å². The van der Waals surface area contributed by atoms with Crippen molar-refractivity contribution < 1.29 is 24.0 Å². The van der Waals surface area contributed by atoms with Gasteiger partial charge >= 0.3 is 17.9 Å². The van der Waals surface area contributed by atoms with Gasteiger partial charge in [0.2, 0.25) is 11.6 Å². The highest BCUT2D eigenvalue weighted by molar-refractivity contribution is 5.75. The van der Waals surface area contributed by atoms with Crippen molar-refractivity contribution in [2.24, 2.45) is 0 Å². The Labute approximate surface area is 117 Å². The fraction of sp³-hybridized carbons (Fsp3) is 0.250. The summed E-state index contributed by atoms with van der Waals surface area (Å²) in [5.41, 5.74) is 7.75. The van der Waals surface area contributed by atoms with Crippen LogP contribution in [-0.4, -0.2) is 41.3 Å². The molecule has 0 bridgehead atoms. The second kappa shape index (κ2) is 7.27. The van der Waals surface area contributed by atoms with Crippen LogP contribution in [0.5, 0.6) is 0 Å². The first-order valence-electron chi connectivity index (χ1n) is 5.19. The Hall–Kier alpha value is -3.38. The van der Waals surface area contributed by atoms with E-state index in [2.05, 4.69) is 30.3 Å². The van der Waals surface area contributed by atoms with Crippen LogP contribution in [0.2, 0.25) is 0 Å². The smallest absolute Gasteiger partial charge is 0.425 e. The number of nitrogens with zero attached hydrogens (tertiary/aromatic N) is 3. The van der Waals surface area contributed by atoms with Crippen molar-refractivity contribution in [3.63, 3.8) is 0 Å². The second-order valence-corrected chi connectivity index (χ2v) is 3.16. The van der Waals surface area contributed by atoms with Crippen LogP contribution >= 0.6 is 0 Å². The van der Waals surface area contributed by atoms with Crippen molar-refractivity contribution >= 4 is 29.5 Å². The summed E-state index contributed by atoms with van der Waals surface area (Å²) in [4.78, 5) is 39.2. The quantitative estimate of drug-likeness (QED) is 0.420. The summed E-state index contributed by atoms with van der Waals surface area (Å²) in [6, 6.07) is 0. The van der Waals surface area contributed by atoms with Gasteiger partial charge in [0.1, 0.15) is 6.33 Å². The molecule has 1 heterocycles. The maximum absolute atomic E-state index is 11.0. The molecule has 1 rings (SSSR count). The topological polar surface area (TPSA) is 170 Å². The summed E-state index contributed by atoms with van der Waals surface area (Å²) in [5.74, 6) is -0.649. The van der Waals surface area contributed by atoms with Gasteiger partial charge < -0.3 is 9.47 Å². The summed E-state index contributed by atoms with van der Waals surface area (Å²) in [6.45, 7) is 0. The number of nitrogens with one attached hydrogen (secondary N) is 4. The van der Waals surface area contributed by atoms with Gasteiger partial charge in [-0.25, -0.2) is 30.4 Å². The highest BCUT2D eigenvalue weighted by Gasteiger charge is 2.23. The second-order valence-electron chi connectivity index (χ2n) is 3.16.